The Morgan fingerprint density at radius 2 is 1.35 bits per heavy atom. The van der Waals surface area contributed by atoms with E-state index in [9.17, 15) is 0 Å². The number of rotatable bonds is 12. The van der Waals surface area contributed by atoms with Gasteiger partial charge < -0.3 is 5.32 Å². The van der Waals surface area contributed by atoms with Gasteiger partial charge in [-0.2, -0.15) is 0 Å². The van der Waals surface area contributed by atoms with E-state index in [1.807, 2.05) is 0 Å². The van der Waals surface area contributed by atoms with Crippen molar-refractivity contribution in [1.29, 1.82) is 0 Å². The molecule has 1 nitrogen and oxygen atoms in total. The molecule has 0 aromatic carbocycles. The standard InChI is InChI=1S/C16H35N/c1-5-6-7-8-9-10-11-12-16(4)14-17-13-15(2)3/h15-17H,5-14H2,1-4H3. The Morgan fingerprint density at radius 3 is 1.94 bits per heavy atom. The quantitative estimate of drug-likeness (QED) is 0.474. The van der Waals surface area contributed by atoms with Crippen LogP contribution in [0.5, 0.6) is 0 Å². The van der Waals surface area contributed by atoms with Gasteiger partial charge in [-0.3, -0.25) is 0 Å². The van der Waals surface area contributed by atoms with Crippen molar-refractivity contribution < 1.29 is 0 Å². The highest BCUT2D eigenvalue weighted by Crippen LogP contribution is 2.12. The minimum absolute atomic E-state index is 0.778. The van der Waals surface area contributed by atoms with Gasteiger partial charge in [-0.25, -0.2) is 0 Å². The van der Waals surface area contributed by atoms with Crippen LogP contribution in [0.3, 0.4) is 0 Å². The molecule has 0 aliphatic rings. The summed E-state index contributed by atoms with van der Waals surface area (Å²) in [6.07, 6.45) is 11.4. The fraction of sp³-hybridized carbons (Fsp3) is 1.00. The molecule has 0 aliphatic carbocycles. The first-order chi connectivity index (χ1) is 8.16. The number of nitrogens with one attached hydrogen (secondary N) is 1. The van der Waals surface area contributed by atoms with Crippen LogP contribution in [0.4, 0.5) is 0 Å². The lowest BCUT2D eigenvalue weighted by atomic mass is 10.0. The second-order valence-corrected chi connectivity index (χ2v) is 6.07. The van der Waals surface area contributed by atoms with Crippen LogP contribution in [0.25, 0.3) is 0 Å². The van der Waals surface area contributed by atoms with Crippen molar-refractivity contribution in [3.63, 3.8) is 0 Å². The van der Waals surface area contributed by atoms with Crippen LogP contribution in [-0.4, -0.2) is 13.1 Å². The lowest BCUT2D eigenvalue weighted by Crippen LogP contribution is -2.25. The topological polar surface area (TPSA) is 12.0 Å². The Bertz CT molecular complexity index is 142. The lowest BCUT2D eigenvalue weighted by molar-refractivity contribution is 0.433. The Balaban J connectivity index is 3.13. The molecule has 104 valence electrons. The second kappa shape index (κ2) is 12.4. The van der Waals surface area contributed by atoms with Crippen LogP contribution in [0.15, 0.2) is 0 Å². The Morgan fingerprint density at radius 1 is 0.765 bits per heavy atom. The van der Waals surface area contributed by atoms with Crippen molar-refractivity contribution in [2.24, 2.45) is 11.8 Å². The third-order valence-corrected chi connectivity index (χ3v) is 3.35. The second-order valence-electron chi connectivity index (χ2n) is 6.07. The fourth-order valence-electron chi connectivity index (χ4n) is 2.17. The summed E-state index contributed by atoms with van der Waals surface area (Å²) in [7, 11) is 0. The minimum Gasteiger partial charge on any atom is -0.316 e. The first-order valence-electron chi connectivity index (χ1n) is 7.87. The summed E-state index contributed by atoms with van der Waals surface area (Å²) in [6, 6.07) is 0. The Hall–Kier alpha value is -0.0400. The van der Waals surface area contributed by atoms with Crippen molar-refractivity contribution in [1.82, 2.24) is 5.32 Å². The highest BCUT2D eigenvalue weighted by molar-refractivity contribution is 4.59. The number of hydrogen-bond donors (Lipinski definition) is 1. The number of hydrogen-bond acceptors (Lipinski definition) is 1. The van der Waals surface area contributed by atoms with E-state index in [1.165, 1.54) is 64.5 Å². The summed E-state index contributed by atoms with van der Waals surface area (Å²) in [5.41, 5.74) is 0. The maximum Gasteiger partial charge on any atom is -0.00230 e. The van der Waals surface area contributed by atoms with Crippen LogP contribution in [-0.2, 0) is 0 Å². The van der Waals surface area contributed by atoms with Crippen LogP contribution in [0.2, 0.25) is 0 Å². The summed E-state index contributed by atoms with van der Waals surface area (Å²) in [6.45, 7) is 11.6. The van der Waals surface area contributed by atoms with E-state index < -0.39 is 0 Å². The molecule has 0 saturated heterocycles. The molecule has 0 fully saturated rings. The molecule has 0 rings (SSSR count). The van der Waals surface area contributed by atoms with Crippen molar-refractivity contribution in [3.8, 4) is 0 Å². The summed E-state index contributed by atoms with van der Waals surface area (Å²) in [4.78, 5) is 0. The molecule has 0 aromatic heterocycles. The molecular formula is C16H35N. The minimum atomic E-state index is 0.778. The molecular weight excluding hydrogens is 206 g/mol. The van der Waals surface area contributed by atoms with Gasteiger partial charge in [0.1, 0.15) is 0 Å². The van der Waals surface area contributed by atoms with Gasteiger partial charge in [-0.1, -0.05) is 72.6 Å². The van der Waals surface area contributed by atoms with E-state index >= 15 is 0 Å². The molecule has 0 amide bonds. The van der Waals surface area contributed by atoms with E-state index in [2.05, 4.69) is 33.0 Å². The zero-order chi connectivity index (χ0) is 12.9. The zero-order valence-corrected chi connectivity index (χ0v) is 12.7. The largest absolute Gasteiger partial charge is 0.316 e. The van der Waals surface area contributed by atoms with Crippen molar-refractivity contribution in [2.75, 3.05) is 13.1 Å². The molecule has 0 saturated carbocycles. The van der Waals surface area contributed by atoms with Gasteiger partial charge in [0.15, 0.2) is 0 Å². The van der Waals surface area contributed by atoms with Gasteiger partial charge in [0, 0.05) is 0 Å². The molecule has 0 radical (unpaired) electrons. The summed E-state index contributed by atoms with van der Waals surface area (Å²) in [5.74, 6) is 1.63. The van der Waals surface area contributed by atoms with E-state index in [0.717, 1.165) is 11.8 Å². The maximum absolute atomic E-state index is 3.55. The van der Waals surface area contributed by atoms with Gasteiger partial charge in [0.2, 0.25) is 0 Å². The van der Waals surface area contributed by atoms with Crippen molar-refractivity contribution >= 4 is 0 Å². The monoisotopic (exact) mass is 241 g/mol. The Labute approximate surface area is 110 Å². The molecule has 1 N–H and O–H groups in total. The summed E-state index contributed by atoms with van der Waals surface area (Å²) >= 11 is 0. The summed E-state index contributed by atoms with van der Waals surface area (Å²) < 4.78 is 0. The number of unbranched alkanes of at least 4 members (excludes halogenated alkanes) is 6. The van der Waals surface area contributed by atoms with E-state index in [1.54, 1.807) is 0 Å². The third-order valence-electron chi connectivity index (χ3n) is 3.35. The predicted octanol–water partition coefficient (Wildman–Crippen LogP) is 5.01. The molecule has 1 heteroatoms. The van der Waals surface area contributed by atoms with Crippen molar-refractivity contribution in [2.45, 2.75) is 79.1 Å². The van der Waals surface area contributed by atoms with Crippen LogP contribution < -0.4 is 5.32 Å². The molecule has 0 bridgehead atoms. The first kappa shape index (κ1) is 17.0. The molecule has 1 atom stereocenters. The molecule has 0 aromatic rings. The van der Waals surface area contributed by atoms with Crippen molar-refractivity contribution in [3.05, 3.63) is 0 Å². The fourth-order valence-corrected chi connectivity index (χ4v) is 2.17. The predicted molar refractivity (Wildman–Crippen MR) is 79.5 cm³/mol. The van der Waals surface area contributed by atoms with Crippen LogP contribution in [0.1, 0.15) is 79.1 Å². The SMILES string of the molecule is CCCCCCCCCC(C)CNCC(C)C. The first-order valence-corrected chi connectivity index (χ1v) is 7.87. The van der Waals surface area contributed by atoms with Crippen LogP contribution >= 0.6 is 0 Å². The normalized spacial score (nSPS) is 13.2. The molecule has 1 unspecified atom stereocenters. The zero-order valence-electron chi connectivity index (χ0n) is 12.7. The third kappa shape index (κ3) is 13.9. The van der Waals surface area contributed by atoms with E-state index in [0.29, 0.717) is 0 Å². The smallest absolute Gasteiger partial charge is 0.00230 e. The van der Waals surface area contributed by atoms with Gasteiger partial charge in [-0.05, 0) is 31.3 Å². The molecule has 0 heterocycles. The van der Waals surface area contributed by atoms with E-state index in [-0.39, 0.29) is 0 Å². The highest BCUT2D eigenvalue weighted by Gasteiger charge is 2.02. The molecule has 0 aliphatic heterocycles. The Kier molecular flexibility index (Phi) is 12.4. The highest BCUT2D eigenvalue weighted by atomic mass is 14.9. The average molecular weight is 241 g/mol. The molecule has 0 spiro atoms. The molecule has 17 heavy (non-hydrogen) atoms. The van der Waals surface area contributed by atoms with Crippen LogP contribution in [0, 0.1) is 11.8 Å². The van der Waals surface area contributed by atoms with Gasteiger partial charge in [0.25, 0.3) is 0 Å². The average Bonchev–Trinajstić information content (AvgIpc) is 2.27. The lowest BCUT2D eigenvalue weighted by Gasteiger charge is -2.13. The maximum atomic E-state index is 3.55. The van der Waals surface area contributed by atoms with Gasteiger partial charge in [-0.15, -0.1) is 0 Å². The van der Waals surface area contributed by atoms with Gasteiger partial charge >= 0.3 is 0 Å². The van der Waals surface area contributed by atoms with Gasteiger partial charge in [0.05, 0.1) is 0 Å². The van der Waals surface area contributed by atoms with E-state index in [4.69, 9.17) is 0 Å². The summed E-state index contributed by atoms with van der Waals surface area (Å²) in [5, 5.41) is 3.55.